The summed E-state index contributed by atoms with van der Waals surface area (Å²) < 4.78 is 0. The van der Waals surface area contributed by atoms with Crippen LogP contribution in [0.2, 0.25) is 0 Å². The van der Waals surface area contributed by atoms with Crippen molar-refractivity contribution in [2.24, 2.45) is 5.92 Å². The minimum atomic E-state index is 0.0377. The number of nitriles is 1. The van der Waals surface area contributed by atoms with Gasteiger partial charge in [-0.3, -0.25) is 4.79 Å². The Morgan fingerprint density at radius 1 is 1.33 bits per heavy atom. The molecule has 0 spiro atoms. The molecule has 0 aliphatic carbocycles. The van der Waals surface area contributed by atoms with Gasteiger partial charge in [0, 0.05) is 19.5 Å². The van der Waals surface area contributed by atoms with E-state index in [0.717, 1.165) is 51.9 Å². The zero-order valence-corrected chi connectivity index (χ0v) is 12.9. The Morgan fingerprint density at radius 2 is 2.24 bits per heavy atom. The number of nitrogens with one attached hydrogen (secondary N) is 2. The van der Waals surface area contributed by atoms with Crippen LogP contribution in [0.25, 0.3) is 0 Å². The van der Waals surface area contributed by atoms with E-state index >= 15 is 0 Å². The van der Waals surface area contributed by atoms with Crippen molar-refractivity contribution in [1.82, 2.24) is 15.5 Å². The van der Waals surface area contributed by atoms with Crippen LogP contribution >= 0.6 is 0 Å². The molecule has 2 N–H and O–H groups in total. The quantitative estimate of drug-likeness (QED) is 0.693. The van der Waals surface area contributed by atoms with Gasteiger partial charge in [-0.25, -0.2) is 0 Å². The van der Waals surface area contributed by atoms with Crippen molar-refractivity contribution in [1.29, 1.82) is 5.26 Å². The summed E-state index contributed by atoms with van der Waals surface area (Å²) in [5.41, 5.74) is 0. The molecule has 2 heterocycles. The number of rotatable bonds is 7. The molecule has 0 aromatic rings. The number of hydrogen-bond donors (Lipinski definition) is 2. The topological polar surface area (TPSA) is 68.2 Å². The van der Waals surface area contributed by atoms with Crippen LogP contribution in [-0.4, -0.2) is 49.6 Å². The highest BCUT2D eigenvalue weighted by Crippen LogP contribution is 2.16. The third-order valence-electron chi connectivity index (χ3n) is 4.56. The van der Waals surface area contributed by atoms with E-state index in [-0.39, 0.29) is 11.9 Å². The molecule has 2 fully saturated rings. The van der Waals surface area contributed by atoms with Crippen LogP contribution < -0.4 is 10.6 Å². The van der Waals surface area contributed by atoms with Gasteiger partial charge in [0.2, 0.25) is 5.91 Å². The smallest absolute Gasteiger partial charge is 0.237 e. The van der Waals surface area contributed by atoms with Crippen LogP contribution in [0.1, 0.15) is 44.9 Å². The first-order valence-corrected chi connectivity index (χ1v) is 8.40. The van der Waals surface area contributed by atoms with Gasteiger partial charge in [0.1, 0.15) is 0 Å². The molecule has 2 aliphatic heterocycles. The molecular weight excluding hydrogens is 264 g/mol. The lowest BCUT2D eigenvalue weighted by Gasteiger charge is -2.33. The van der Waals surface area contributed by atoms with E-state index in [2.05, 4.69) is 21.6 Å². The van der Waals surface area contributed by atoms with Crippen LogP contribution in [0.5, 0.6) is 0 Å². The molecule has 2 rings (SSSR count). The normalized spacial score (nSPS) is 26.4. The van der Waals surface area contributed by atoms with Crippen LogP contribution in [0.15, 0.2) is 0 Å². The van der Waals surface area contributed by atoms with Crippen molar-refractivity contribution in [3.63, 3.8) is 0 Å². The maximum Gasteiger partial charge on any atom is 0.237 e. The second-order valence-electron chi connectivity index (χ2n) is 6.32. The predicted octanol–water partition coefficient (Wildman–Crippen LogP) is 1.26. The highest BCUT2D eigenvalue weighted by Gasteiger charge is 2.24. The van der Waals surface area contributed by atoms with Gasteiger partial charge < -0.3 is 15.5 Å². The molecular formula is C16H28N4O. The first kappa shape index (κ1) is 16.3. The number of piperidine rings is 1. The molecule has 5 nitrogen and oxygen atoms in total. The van der Waals surface area contributed by atoms with Crippen molar-refractivity contribution >= 4 is 5.91 Å². The molecule has 0 bridgehead atoms. The number of unbranched alkanes of at least 4 members (excludes halogenated alkanes) is 2. The first-order valence-electron chi connectivity index (χ1n) is 8.40. The van der Waals surface area contributed by atoms with E-state index in [1.165, 1.54) is 19.4 Å². The molecule has 0 saturated carbocycles. The van der Waals surface area contributed by atoms with Crippen LogP contribution in [0, 0.1) is 17.2 Å². The van der Waals surface area contributed by atoms with Gasteiger partial charge in [-0.05, 0) is 64.1 Å². The molecule has 2 atom stereocenters. The number of likely N-dealkylation sites (tertiary alicyclic amines) is 1. The van der Waals surface area contributed by atoms with Crippen molar-refractivity contribution in [2.45, 2.75) is 51.0 Å². The van der Waals surface area contributed by atoms with Gasteiger partial charge in [-0.1, -0.05) is 0 Å². The van der Waals surface area contributed by atoms with E-state index in [4.69, 9.17) is 5.26 Å². The molecule has 0 radical (unpaired) electrons. The number of carbonyl (C=O) groups is 1. The van der Waals surface area contributed by atoms with Gasteiger partial charge in [-0.15, -0.1) is 0 Å². The fourth-order valence-electron chi connectivity index (χ4n) is 3.34. The summed E-state index contributed by atoms with van der Waals surface area (Å²) in [6, 6.07) is 2.24. The Bertz CT molecular complexity index is 360. The summed E-state index contributed by atoms with van der Waals surface area (Å²) in [7, 11) is 0. The summed E-state index contributed by atoms with van der Waals surface area (Å²) in [5.74, 6) is 0.763. The summed E-state index contributed by atoms with van der Waals surface area (Å²) in [6.07, 6.45) is 7.30. The molecule has 2 saturated heterocycles. The lowest BCUT2D eigenvalue weighted by atomic mass is 9.97. The molecule has 118 valence electrons. The Hall–Kier alpha value is -1.12. The SMILES string of the molecule is N#CCCCCN1CCCC(CNC(=O)C2CCCN2)C1. The molecule has 0 aromatic carbocycles. The minimum absolute atomic E-state index is 0.0377. The molecule has 1 amide bonds. The Labute approximate surface area is 128 Å². The second kappa shape index (κ2) is 9.01. The molecule has 5 heteroatoms. The second-order valence-corrected chi connectivity index (χ2v) is 6.32. The Kier molecular flexibility index (Phi) is 6.98. The zero-order valence-electron chi connectivity index (χ0n) is 12.9. The highest BCUT2D eigenvalue weighted by molar-refractivity contribution is 5.81. The largest absolute Gasteiger partial charge is 0.354 e. The first-order chi connectivity index (χ1) is 10.3. The van der Waals surface area contributed by atoms with Crippen LogP contribution in [0.3, 0.4) is 0 Å². The third-order valence-corrected chi connectivity index (χ3v) is 4.56. The van der Waals surface area contributed by atoms with Gasteiger partial charge in [0.25, 0.3) is 0 Å². The van der Waals surface area contributed by atoms with Gasteiger partial charge >= 0.3 is 0 Å². The summed E-state index contributed by atoms with van der Waals surface area (Å²) in [5, 5.41) is 14.9. The van der Waals surface area contributed by atoms with Gasteiger partial charge in [0.05, 0.1) is 12.1 Å². The Balaban J connectivity index is 1.62. The van der Waals surface area contributed by atoms with Gasteiger partial charge in [0.15, 0.2) is 0 Å². The fourth-order valence-corrected chi connectivity index (χ4v) is 3.34. The van der Waals surface area contributed by atoms with E-state index in [1.54, 1.807) is 0 Å². The number of amides is 1. The van der Waals surface area contributed by atoms with Gasteiger partial charge in [-0.2, -0.15) is 5.26 Å². The predicted molar refractivity (Wildman–Crippen MR) is 82.7 cm³/mol. The number of carbonyl (C=O) groups excluding carboxylic acids is 1. The summed E-state index contributed by atoms with van der Waals surface area (Å²) >= 11 is 0. The third kappa shape index (κ3) is 5.64. The maximum atomic E-state index is 12.0. The lowest BCUT2D eigenvalue weighted by Crippen LogP contribution is -2.45. The van der Waals surface area contributed by atoms with Crippen LogP contribution in [0.4, 0.5) is 0 Å². The summed E-state index contributed by atoms with van der Waals surface area (Å²) in [4.78, 5) is 14.5. The highest BCUT2D eigenvalue weighted by atomic mass is 16.2. The van der Waals surface area contributed by atoms with E-state index < -0.39 is 0 Å². The van der Waals surface area contributed by atoms with E-state index in [0.29, 0.717) is 12.3 Å². The Morgan fingerprint density at radius 3 is 3.00 bits per heavy atom. The lowest BCUT2D eigenvalue weighted by molar-refractivity contribution is -0.123. The standard InChI is InChI=1S/C16H28N4O/c17-8-2-1-3-10-20-11-5-6-14(13-20)12-19-16(21)15-7-4-9-18-15/h14-15,18H,1-7,9-13H2,(H,19,21). The summed E-state index contributed by atoms with van der Waals surface area (Å²) in [6.45, 7) is 5.13. The van der Waals surface area contributed by atoms with E-state index in [9.17, 15) is 4.79 Å². The fraction of sp³-hybridized carbons (Fsp3) is 0.875. The molecule has 2 aliphatic rings. The van der Waals surface area contributed by atoms with Crippen molar-refractivity contribution in [3.05, 3.63) is 0 Å². The van der Waals surface area contributed by atoms with Crippen LogP contribution in [-0.2, 0) is 4.79 Å². The molecule has 0 aromatic heterocycles. The monoisotopic (exact) mass is 292 g/mol. The van der Waals surface area contributed by atoms with E-state index in [1.807, 2.05) is 0 Å². The number of hydrogen-bond acceptors (Lipinski definition) is 4. The minimum Gasteiger partial charge on any atom is -0.354 e. The van der Waals surface area contributed by atoms with Crippen molar-refractivity contribution in [3.8, 4) is 6.07 Å². The average molecular weight is 292 g/mol. The zero-order chi connectivity index (χ0) is 14.9. The van der Waals surface area contributed by atoms with Crippen molar-refractivity contribution in [2.75, 3.05) is 32.7 Å². The average Bonchev–Trinajstić information content (AvgIpc) is 3.04. The number of nitrogens with zero attached hydrogens (tertiary/aromatic N) is 2. The molecule has 21 heavy (non-hydrogen) atoms. The molecule has 2 unspecified atom stereocenters. The van der Waals surface area contributed by atoms with Crippen molar-refractivity contribution < 1.29 is 4.79 Å². The maximum absolute atomic E-state index is 12.0.